The average molecular weight is 409 g/mol. The molecular weight excluding hydrogens is 382 g/mol. The molecule has 2 heterocycles. The van der Waals surface area contributed by atoms with Gasteiger partial charge in [-0.05, 0) is 39.8 Å². The highest BCUT2D eigenvalue weighted by Gasteiger charge is 2.70. The van der Waals surface area contributed by atoms with E-state index in [2.05, 4.69) is 0 Å². The van der Waals surface area contributed by atoms with Gasteiger partial charge in [-0.3, -0.25) is 0 Å². The number of aliphatic hydroxyl groups excluding tert-OH is 2. The molecule has 1 aromatic carbocycles. The first-order chi connectivity index (χ1) is 13.5. The van der Waals surface area contributed by atoms with E-state index in [4.69, 9.17) is 19.0 Å². The molecule has 9 nitrogen and oxygen atoms in total. The molecule has 3 rings (SSSR count). The zero-order valence-electron chi connectivity index (χ0n) is 17.1. The van der Waals surface area contributed by atoms with Gasteiger partial charge < -0.3 is 29.3 Å². The number of ether oxygens (including phenoxy) is 3. The third-order valence-corrected chi connectivity index (χ3v) is 5.53. The Hall–Kier alpha value is -2.20. The van der Waals surface area contributed by atoms with Crippen LogP contribution in [0.2, 0.25) is 0 Å². The summed E-state index contributed by atoms with van der Waals surface area (Å²) in [6.07, 6.45) is -4.75. The number of aliphatic hydroxyl groups is 2. The maximum atomic E-state index is 12.4. The largest absolute Gasteiger partial charge is 0.415 e. The second-order valence-corrected chi connectivity index (χ2v) is 8.40. The topological polar surface area (TPSA) is 115 Å². The van der Waals surface area contributed by atoms with Crippen LogP contribution in [0.25, 0.3) is 0 Å². The molecule has 0 radical (unpaired) electrons. The molecule has 2 saturated heterocycles. The van der Waals surface area contributed by atoms with Gasteiger partial charge in [0.25, 0.3) is 0 Å². The average Bonchev–Trinajstić information content (AvgIpc) is 2.75. The number of hydrogen-bond donors (Lipinski definition) is 2. The molecule has 9 heteroatoms. The summed E-state index contributed by atoms with van der Waals surface area (Å²) >= 11 is 0. The summed E-state index contributed by atoms with van der Waals surface area (Å²) in [5.74, 6) is -3.81. The summed E-state index contributed by atoms with van der Waals surface area (Å²) in [6, 6.07) is 9.00. The third-order valence-electron chi connectivity index (χ3n) is 5.53. The molecule has 1 spiro atoms. The van der Waals surface area contributed by atoms with Gasteiger partial charge in [0.05, 0.1) is 5.54 Å². The fourth-order valence-corrected chi connectivity index (χ4v) is 4.11. The highest BCUT2D eigenvalue weighted by Crippen LogP contribution is 2.49. The molecule has 0 aromatic heterocycles. The summed E-state index contributed by atoms with van der Waals surface area (Å²) in [5.41, 5.74) is -1.91. The molecular formula is C20H27NO8. The molecule has 3 atom stereocenters. The number of nitrogens with zero attached hydrogens (tertiary/aromatic N) is 1. The van der Waals surface area contributed by atoms with Crippen LogP contribution in [0.3, 0.4) is 0 Å². The van der Waals surface area contributed by atoms with Crippen LogP contribution in [0.1, 0.15) is 34.1 Å². The van der Waals surface area contributed by atoms with E-state index < -0.39 is 47.1 Å². The predicted octanol–water partition coefficient (Wildman–Crippen LogP) is 0.776. The molecule has 160 valence electrons. The maximum absolute atomic E-state index is 12.4. The second kappa shape index (κ2) is 7.24. The van der Waals surface area contributed by atoms with E-state index in [1.54, 1.807) is 31.0 Å². The van der Waals surface area contributed by atoms with Crippen molar-refractivity contribution in [3.63, 3.8) is 0 Å². The second-order valence-electron chi connectivity index (χ2n) is 8.40. The SMILES string of the molecule is COC1CC(C)(C)N(Oc2ccccc2)C(C)(C)C12OC(=O)C(O)C(O)C(=O)O2. The number of hydrogen-bond acceptors (Lipinski definition) is 9. The highest BCUT2D eigenvalue weighted by molar-refractivity contribution is 5.87. The quantitative estimate of drug-likeness (QED) is 0.699. The first kappa shape index (κ1) is 21.5. The standard InChI is InChI=1S/C20H27NO8/c1-18(2)11-13(26-5)20(27-16(24)14(22)15(23)17(25)28-20)19(3,4)21(18)29-12-9-7-6-8-10-12/h6-10,13-15,22-23H,11H2,1-5H3. The lowest BCUT2D eigenvalue weighted by molar-refractivity contribution is -0.377. The maximum Gasteiger partial charge on any atom is 0.341 e. The van der Waals surface area contributed by atoms with Crippen molar-refractivity contribution in [3.8, 4) is 5.75 Å². The van der Waals surface area contributed by atoms with Gasteiger partial charge in [0.1, 0.15) is 17.4 Å². The summed E-state index contributed by atoms with van der Waals surface area (Å²) in [4.78, 5) is 31.0. The van der Waals surface area contributed by atoms with Gasteiger partial charge in [0, 0.05) is 13.5 Å². The summed E-state index contributed by atoms with van der Waals surface area (Å²) < 4.78 is 16.6. The zero-order valence-corrected chi connectivity index (χ0v) is 17.1. The fraction of sp³-hybridized carbons (Fsp3) is 0.600. The van der Waals surface area contributed by atoms with Crippen LogP contribution < -0.4 is 4.84 Å². The van der Waals surface area contributed by atoms with Gasteiger partial charge in [0.2, 0.25) is 0 Å². The number of piperidine rings is 1. The lowest BCUT2D eigenvalue weighted by Crippen LogP contribution is -2.78. The number of rotatable bonds is 3. The molecule has 1 aromatic rings. The summed E-state index contributed by atoms with van der Waals surface area (Å²) in [7, 11) is 1.41. The van der Waals surface area contributed by atoms with E-state index in [0.717, 1.165) is 0 Å². The van der Waals surface area contributed by atoms with Crippen molar-refractivity contribution >= 4 is 11.9 Å². The summed E-state index contributed by atoms with van der Waals surface area (Å²) in [5, 5.41) is 21.5. The Kier molecular flexibility index (Phi) is 5.37. The van der Waals surface area contributed by atoms with Crippen molar-refractivity contribution in [2.24, 2.45) is 0 Å². The first-order valence-corrected chi connectivity index (χ1v) is 9.34. The number of hydroxylamine groups is 2. The van der Waals surface area contributed by atoms with E-state index >= 15 is 0 Å². The molecule has 0 amide bonds. The van der Waals surface area contributed by atoms with Crippen LogP contribution in [0, 0.1) is 0 Å². The normalized spacial score (nSPS) is 34.2. The van der Waals surface area contributed by atoms with E-state index in [1.807, 2.05) is 32.0 Å². The van der Waals surface area contributed by atoms with Gasteiger partial charge in [-0.2, -0.15) is 0 Å². The molecule has 29 heavy (non-hydrogen) atoms. The number of carbonyl (C=O) groups excluding carboxylic acids is 2. The molecule has 2 N–H and O–H groups in total. The van der Waals surface area contributed by atoms with E-state index in [1.165, 1.54) is 7.11 Å². The number of carbonyl (C=O) groups is 2. The van der Waals surface area contributed by atoms with E-state index in [9.17, 15) is 19.8 Å². The minimum Gasteiger partial charge on any atom is -0.415 e. The van der Waals surface area contributed by atoms with Crippen LogP contribution in [-0.4, -0.2) is 69.5 Å². The monoisotopic (exact) mass is 409 g/mol. The van der Waals surface area contributed by atoms with Crippen LogP contribution >= 0.6 is 0 Å². The number of methoxy groups -OCH3 is 1. The highest BCUT2D eigenvalue weighted by atomic mass is 16.8. The Labute approximate surface area is 169 Å². The van der Waals surface area contributed by atoms with Crippen molar-refractivity contribution in [1.29, 1.82) is 0 Å². The molecule has 3 unspecified atom stereocenters. The molecule has 2 fully saturated rings. The Morgan fingerprint density at radius 1 is 1.00 bits per heavy atom. The predicted molar refractivity (Wildman–Crippen MR) is 99.4 cm³/mol. The Bertz CT molecular complexity index is 756. The number of esters is 2. The van der Waals surface area contributed by atoms with Crippen LogP contribution in [0.4, 0.5) is 0 Å². The van der Waals surface area contributed by atoms with Crippen molar-refractivity contribution < 1.29 is 38.9 Å². The van der Waals surface area contributed by atoms with Gasteiger partial charge >= 0.3 is 17.7 Å². The molecule has 0 saturated carbocycles. The van der Waals surface area contributed by atoms with Gasteiger partial charge in [-0.15, -0.1) is 5.06 Å². The van der Waals surface area contributed by atoms with Crippen LogP contribution in [-0.2, 0) is 23.8 Å². The number of benzene rings is 1. The lowest BCUT2D eigenvalue weighted by atomic mass is 9.75. The van der Waals surface area contributed by atoms with Crippen molar-refractivity contribution in [2.75, 3.05) is 7.11 Å². The van der Waals surface area contributed by atoms with Crippen LogP contribution in [0.5, 0.6) is 5.75 Å². The van der Waals surface area contributed by atoms with E-state index in [-0.39, 0.29) is 6.42 Å². The minimum atomic E-state index is -2.06. The molecule has 0 aliphatic carbocycles. The molecule has 2 aliphatic rings. The fourth-order valence-electron chi connectivity index (χ4n) is 4.11. The number of para-hydroxylation sites is 1. The van der Waals surface area contributed by atoms with Gasteiger partial charge in [-0.25, -0.2) is 9.59 Å². The Balaban J connectivity index is 2.11. The van der Waals surface area contributed by atoms with Crippen molar-refractivity contribution in [3.05, 3.63) is 30.3 Å². The van der Waals surface area contributed by atoms with Gasteiger partial charge in [-0.1, -0.05) is 18.2 Å². The van der Waals surface area contributed by atoms with Gasteiger partial charge in [0.15, 0.2) is 12.2 Å². The Morgan fingerprint density at radius 2 is 1.52 bits per heavy atom. The smallest absolute Gasteiger partial charge is 0.341 e. The lowest BCUT2D eigenvalue weighted by Gasteiger charge is -2.59. The van der Waals surface area contributed by atoms with E-state index in [0.29, 0.717) is 5.75 Å². The molecule has 2 aliphatic heterocycles. The minimum absolute atomic E-state index is 0.256. The molecule has 0 bridgehead atoms. The Morgan fingerprint density at radius 3 is 2.00 bits per heavy atom. The zero-order chi connectivity index (χ0) is 21.6. The van der Waals surface area contributed by atoms with Crippen molar-refractivity contribution in [2.45, 2.75) is 69.3 Å². The van der Waals surface area contributed by atoms with Crippen LogP contribution in [0.15, 0.2) is 30.3 Å². The first-order valence-electron chi connectivity index (χ1n) is 9.34. The summed E-state index contributed by atoms with van der Waals surface area (Å²) in [6.45, 7) is 7.18. The van der Waals surface area contributed by atoms with Crippen molar-refractivity contribution in [1.82, 2.24) is 5.06 Å². The third kappa shape index (κ3) is 3.38.